The predicted molar refractivity (Wildman–Crippen MR) is 97.9 cm³/mol. The number of halogens is 1. The highest BCUT2D eigenvalue weighted by atomic mass is 19.1. The lowest BCUT2D eigenvalue weighted by Crippen LogP contribution is -2.32. The number of benzene rings is 2. The van der Waals surface area contributed by atoms with Crippen molar-refractivity contribution in [2.75, 3.05) is 13.1 Å². The van der Waals surface area contributed by atoms with Gasteiger partial charge in [-0.3, -0.25) is 9.59 Å². The van der Waals surface area contributed by atoms with Crippen LogP contribution in [0.3, 0.4) is 0 Å². The zero-order chi connectivity index (χ0) is 18.4. The third-order valence-corrected chi connectivity index (χ3v) is 4.65. The van der Waals surface area contributed by atoms with Gasteiger partial charge in [-0.25, -0.2) is 4.39 Å². The second-order valence-corrected chi connectivity index (χ2v) is 6.64. The van der Waals surface area contributed by atoms with Crippen LogP contribution >= 0.6 is 0 Å². The quantitative estimate of drug-likeness (QED) is 0.765. The first-order valence-corrected chi connectivity index (χ1v) is 8.97. The molecule has 0 spiro atoms. The Labute approximate surface area is 152 Å². The van der Waals surface area contributed by atoms with E-state index >= 15 is 0 Å². The van der Waals surface area contributed by atoms with Crippen LogP contribution in [0.15, 0.2) is 54.6 Å². The molecule has 2 N–H and O–H groups in total. The third kappa shape index (κ3) is 5.15. The van der Waals surface area contributed by atoms with Gasteiger partial charge in [0.15, 0.2) is 0 Å². The van der Waals surface area contributed by atoms with Crippen LogP contribution < -0.4 is 10.6 Å². The highest BCUT2D eigenvalue weighted by Gasteiger charge is 2.47. The van der Waals surface area contributed by atoms with Gasteiger partial charge in [-0.15, -0.1) is 0 Å². The van der Waals surface area contributed by atoms with Crippen LogP contribution in [0, 0.1) is 17.7 Å². The number of hydrogen-bond acceptors (Lipinski definition) is 2. The summed E-state index contributed by atoms with van der Waals surface area (Å²) in [5, 5.41) is 5.77. The molecule has 1 fully saturated rings. The fraction of sp³-hybridized carbons (Fsp3) is 0.333. The Hall–Kier alpha value is -2.69. The van der Waals surface area contributed by atoms with Crippen LogP contribution in [-0.4, -0.2) is 24.9 Å². The van der Waals surface area contributed by atoms with E-state index in [0.29, 0.717) is 25.9 Å². The van der Waals surface area contributed by atoms with Crippen molar-refractivity contribution in [1.82, 2.24) is 10.6 Å². The molecule has 0 bridgehead atoms. The van der Waals surface area contributed by atoms with E-state index in [1.54, 1.807) is 12.1 Å². The highest BCUT2D eigenvalue weighted by molar-refractivity contribution is 5.92. The molecule has 26 heavy (non-hydrogen) atoms. The zero-order valence-electron chi connectivity index (χ0n) is 14.6. The maximum absolute atomic E-state index is 12.8. The summed E-state index contributed by atoms with van der Waals surface area (Å²) >= 11 is 0. The van der Waals surface area contributed by atoms with Gasteiger partial charge >= 0.3 is 0 Å². The zero-order valence-corrected chi connectivity index (χ0v) is 14.6. The molecule has 0 heterocycles. The maximum atomic E-state index is 12.8. The van der Waals surface area contributed by atoms with E-state index in [9.17, 15) is 14.0 Å². The summed E-state index contributed by atoms with van der Waals surface area (Å²) in [5.41, 5.74) is 2.15. The summed E-state index contributed by atoms with van der Waals surface area (Å²) in [6.45, 7) is 1.07. The van der Waals surface area contributed by atoms with Crippen molar-refractivity contribution in [3.05, 3.63) is 71.5 Å². The second kappa shape index (κ2) is 8.61. The molecular formula is C21H23FN2O2. The van der Waals surface area contributed by atoms with Gasteiger partial charge in [-0.2, -0.15) is 0 Å². The van der Waals surface area contributed by atoms with Crippen LogP contribution in [-0.2, 0) is 22.4 Å². The summed E-state index contributed by atoms with van der Waals surface area (Å²) < 4.78 is 12.8. The summed E-state index contributed by atoms with van der Waals surface area (Å²) in [6, 6.07) is 16.2. The van der Waals surface area contributed by atoms with Crippen molar-refractivity contribution in [2.45, 2.75) is 19.3 Å². The first-order chi connectivity index (χ1) is 12.6. The first-order valence-electron chi connectivity index (χ1n) is 8.97. The van der Waals surface area contributed by atoms with Crippen molar-refractivity contribution in [1.29, 1.82) is 0 Å². The Kier molecular flexibility index (Phi) is 6.00. The molecule has 2 unspecified atom stereocenters. The Morgan fingerprint density at radius 1 is 0.808 bits per heavy atom. The van der Waals surface area contributed by atoms with Crippen LogP contribution in [0.25, 0.3) is 0 Å². The average Bonchev–Trinajstić information content (AvgIpc) is 3.45. The molecule has 0 aromatic heterocycles. The number of carbonyl (C=O) groups is 2. The molecular weight excluding hydrogens is 331 g/mol. The van der Waals surface area contributed by atoms with Crippen molar-refractivity contribution in [3.63, 3.8) is 0 Å². The molecule has 2 atom stereocenters. The minimum atomic E-state index is -0.267. The predicted octanol–water partition coefficient (Wildman–Crippen LogP) is 2.48. The van der Waals surface area contributed by atoms with Gasteiger partial charge in [0.05, 0.1) is 11.8 Å². The Bertz CT molecular complexity index is 746. The van der Waals surface area contributed by atoms with Gasteiger partial charge in [-0.1, -0.05) is 42.5 Å². The van der Waals surface area contributed by atoms with Crippen molar-refractivity contribution in [3.8, 4) is 0 Å². The number of amides is 2. The molecule has 1 saturated carbocycles. The summed E-state index contributed by atoms with van der Waals surface area (Å²) in [5.74, 6) is -0.816. The average molecular weight is 354 g/mol. The minimum absolute atomic E-state index is 0.0420. The van der Waals surface area contributed by atoms with Gasteiger partial charge in [0.25, 0.3) is 0 Å². The van der Waals surface area contributed by atoms with E-state index in [1.807, 2.05) is 30.3 Å². The highest BCUT2D eigenvalue weighted by Crippen LogP contribution is 2.38. The lowest BCUT2D eigenvalue weighted by Gasteiger charge is -2.06. The lowest BCUT2D eigenvalue weighted by atomic mass is 10.1. The number of hydrogen-bond donors (Lipinski definition) is 2. The van der Waals surface area contributed by atoms with Crippen LogP contribution in [0.4, 0.5) is 4.39 Å². The standard InChI is InChI=1S/C21H23FN2O2/c22-17-8-6-16(7-9-17)11-13-24-21(26)19-14-18(19)20(25)23-12-10-15-4-2-1-3-5-15/h1-9,18-19H,10-14H2,(H,23,25)(H,24,26). The molecule has 3 rings (SSSR count). The molecule has 0 saturated heterocycles. The summed E-state index contributed by atoms with van der Waals surface area (Å²) in [7, 11) is 0. The van der Waals surface area contributed by atoms with E-state index in [0.717, 1.165) is 12.0 Å². The third-order valence-electron chi connectivity index (χ3n) is 4.65. The smallest absolute Gasteiger partial charge is 0.223 e. The van der Waals surface area contributed by atoms with E-state index in [-0.39, 0.29) is 29.5 Å². The Morgan fingerprint density at radius 3 is 1.85 bits per heavy atom. The molecule has 5 heteroatoms. The topological polar surface area (TPSA) is 58.2 Å². The fourth-order valence-electron chi connectivity index (χ4n) is 2.99. The monoisotopic (exact) mass is 354 g/mol. The molecule has 4 nitrogen and oxygen atoms in total. The molecule has 1 aliphatic carbocycles. The van der Waals surface area contributed by atoms with Crippen molar-refractivity contribution >= 4 is 11.8 Å². The van der Waals surface area contributed by atoms with Gasteiger partial charge in [0.1, 0.15) is 5.82 Å². The van der Waals surface area contributed by atoms with Gasteiger partial charge < -0.3 is 10.6 Å². The van der Waals surface area contributed by atoms with Gasteiger partial charge in [-0.05, 0) is 42.5 Å². The van der Waals surface area contributed by atoms with Crippen LogP contribution in [0.1, 0.15) is 17.5 Å². The largest absolute Gasteiger partial charge is 0.356 e. The number of rotatable bonds is 8. The van der Waals surface area contributed by atoms with Crippen molar-refractivity contribution in [2.24, 2.45) is 11.8 Å². The first kappa shape index (κ1) is 18.1. The van der Waals surface area contributed by atoms with Gasteiger partial charge in [0, 0.05) is 13.1 Å². The number of nitrogens with one attached hydrogen (secondary N) is 2. The second-order valence-electron chi connectivity index (χ2n) is 6.64. The lowest BCUT2D eigenvalue weighted by molar-refractivity contribution is -0.127. The van der Waals surface area contributed by atoms with Crippen molar-refractivity contribution < 1.29 is 14.0 Å². The van der Waals surface area contributed by atoms with E-state index in [2.05, 4.69) is 10.6 Å². The molecule has 1 aliphatic rings. The number of carbonyl (C=O) groups excluding carboxylic acids is 2. The van der Waals surface area contributed by atoms with E-state index < -0.39 is 0 Å². The molecule has 0 radical (unpaired) electrons. The maximum Gasteiger partial charge on any atom is 0.223 e. The molecule has 2 aromatic carbocycles. The molecule has 136 valence electrons. The Balaban J connectivity index is 1.32. The van der Waals surface area contributed by atoms with Gasteiger partial charge in [0.2, 0.25) is 11.8 Å². The van der Waals surface area contributed by atoms with E-state index in [1.165, 1.54) is 17.7 Å². The SMILES string of the molecule is O=C(NCCc1ccccc1)C1CC1C(=O)NCCc1ccc(F)cc1. The van der Waals surface area contributed by atoms with Crippen LogP contribution in [0.5, 0.6) is 0 Å². The normalized spacial score (nSPS) is 18.2. The summed E-state index contributed by atoms with van der Waals surface area (Å²) in [4.78, 5) is 24.2. The fourth-order valence-corrected chi connectivity index (χ4v) is 2.99. The Morgan fingerprint density at radius 2 is 1.31 bits per heavy atom. The minimum Gasteiger partial charge on any atom is -0.356 e. The summed E-state index contributed by atoms with van der Waals surface area (Å²) in [6.07, 6.45) is 2.04. The molecule has 2 aromatic rings. The molecule has 0 aliphatic heterocycles. The van der Waals surface area contributed by atoms with Crippen LogP contribution in [0.2, 0.25) is 0 Å². The molecule has 2 amide bonds. The van der Waals surface area contributed by atoms with E-state index in [4.69, 9.17) is 0 Å².